The number of hydrogen-bond donors (Lipinski definition) is 0. The second-order valence-corrected chi connectivity index (χ2v) is 6.08. The lowest BCUT2D eigenvalue weighted by Gasteiger charge is -2.36. The first-order valence-electron chi connectivity index (χ1n) is 8.38. The zero-order valence-electron chi connectivity index (χ0n) is 14.3. The first kappa shape index (κ1) is 16.8. The van der Waals surface area contributed by atoms with Crippen molar-refractivity contribution in [2.24, 2.45) is 0 Å². The van der Waals surface area contributed by atoms with Crippen molar-refractivity contribution in [3.8, 4) is 11.8 Å². The molecule has 1 aliphatic heterocycles. The Balaban J connectivity index is 1.50. The Kier molecular flexibility index (Phi) is 5.20. The average molecular weight is 335 g/mol. The minimum atomic E-state index is -0.00575. The highest BCUT2D eigenvalue weighted by molar-refractivity contribution is 5.78. The number of nitriles is 1. The molecule has 2 aromatic carbocycles. The van der Waals surface area contributed by atoms with Gasteiger partial charge in [0.2, 0.25) is 0 Å². The number of carbonyl (C=O) groups is 1. The fourth-order valence-electron chi connectivity index (χ4n) is 2.98. The molecule has 0 aromatic heterocycles. The Morgan fingerprint density at radius 2 is 1.76 bits per heavy atom. The molecule has 0 radical (unpaired) electrons. The third kappa shape index (κ3) is 4.10. The van der Waals surface area contributed by atoms with E-state index < -0.39 is 0 Å². The van der Waals surface area contributed by atoms with E-state index in [4.69, 9.17) is 10.00 Å². The lowest BCUT2D eigenvalue weighted by molar-refractivity contribution is -0.133. The first-order chi connectivity index (χ1) is 12.2. The predicted octanol–water partition coefficient (Wildman–Crippen LogP) is 2.59. The second-order valence-electron chi connectivity index (χ2n) is 6.08. The molecule has 25 heavy (non-hydrogen) atoms. The minimum absolute atomic E-state index is 0.00575. The molecule has 5 heteroatoms. The standard InChI is InChI=1S/C20H21N3O2/c1-16-4-2-3-5-19(16)22-10-12-23(13-11-22)20(24)15-25-18-8-6-17(14-21)7-9-18/h2-9H,10-13,15H2,1H3. The molecule has 2 aromatic rings. The summed E-state index contributed by atoms with van der Waals surface area (Å²) in [5.41, 5.74) is 3.07. The summed E-state index contributed by atoms with van der Waals surface area (Å²) in [6.45, 7) is 5.18. The van der Waals surface area contributed by atoms with Crippen LogP contribution < -0.4 is 9.64 Å². The van der Waals surface area contributed by atoms with Gasteiger partial charge in [-0.05, 0) is 42.8 Å². The van der Waals surface area contributed by atoms with E-state index >= 15 is 0 Å². The number of aryl methyl sites for hydroxylation is 1. The largest absolute Gasteiger partial charge is 0.484 e. The number of anilines is 1. The van der Waals surface area contributed by atoms with Gasteiger partial charge < -0.3 is 14.5 Å². The summed E-state index contributed by atoms with van der Waals surface area (Å²) in [6, 6.07) is 17.2. The topological polar surface area (TPSA) is 56.6 Å². The van der Waals surface area contributed by atoms with Crippen molar-refractivity contribution in [2.75, 3.05) is 37.7 Å². The average Bonchev–Trinajstić information content (AvgIpc) is 2.67. The van der Waals surface area contributed by atoms with Gasteiger partial charge in [-0.3, -0.25) is 4.79 Å². The van der Waals surface area contributed by atoms with E-state index in [-0.39, 0.29) is 12.5 Å². The third-order valence-electron chi connectivity index (χ3n) is 4.43. The normalized spacial score (nSPS) is 14.1. The summed E-state index contributed by atoms with van der Waals surface area (Å²) in [5, 5.41) is 8.78. The van der Waals surface area contributed by atoms with E-state index in [2.05, 4.69) is 30.0 Å². The van der Waals surface area contributed by atoms with Crippen molar-refractivity contribution in [3.63, 3.8) is 0 Å². The zero-order valence-corrected chi connectivity index (χ0v) is 14.3. The van der Waals surface area contributed by atoms with E-state index in [0.717, 1.165) is 13.1 Å². The van der Waals surface area contributed by atoms with Crippen molar-refractivity contribution in [1.29, 1.82) is 5.26 Å². The van der Waals surface area contributed by atoms with Crippen molar-refractivity contribution >= 4 is 11.6 Å². The Hall–Kier alpha value is -3.00. The summed E-state index contributed by atoms with van der Waals surface area (Å²) < 4.78 is 5.54. The van der Waals surface area contributed by atoms with Gasteiger partial charge in [-0.15, -0.1) is 0 Å². The first-order valence-corrected chi connectivity index (χ1v) is 8.38. The summed E-state index contributed by atoms with van der Waals surface area (Å²) in [4.78, 5) is 16.5. The zero-order chi connectivity index (χ0) is 17.6. The maximum Gasteiger partial charge on any atom is 0.260 e. The highest BCUT2D eigenvalue weighted by atomic mass is 16.5. The third-order valence-corrected chi connectivity index (χ3v) is 4.43. The molecule has 1 aliphatic rings. The SMILES string of the molecule is Cc1ccccc1N1CCN(C(=O)COc2ccc(C#N)cc2)CC1. The lowest BCUT2D eigenvalue weighted by Crippen LogP contribution is -2.50. The Morgan fingerprint density at radius 1 is 1.08 bits per heavy atom. The molecule has 3 rings (SSSR count). The molecule has 1 saturated heterocycles. The fraction of sp³-hybridized carbons (Fsp3) is 0.300. The van der Waals surface area contributed by atoms with Crippen LogP contribution in [0.1, 0.15) is 11.1 Å². The molecule has 0 spiro atoms. The smallest absolute Gasteiger partial charge is 0.260 e. The van der Waals surface area contributed by atoms with Gasteiger partial charge in [-0.2, -0.15) is 5.26 Å². The van der Waals surface area contributed by atoms with E-state index in [9.17, 15) is 4.79 Å². The number of nitrogens with zero attached hydrogens (tertiary/aromatic N) is 3. The van der Waals surface area contributed by atoms with Gasteiger partial charge in [0.1, 0.15) is 5.75 Å². The van der Waals surface area contributed by atoms with Crippen molar-refractivity contribution < 1.29 is 9.53 Å². The van der Waals surface area contributed by atoms with E-state index in [0.29, 0.717) is 24.4 Å². The van der Waals surface area contributed by atoms with Gasteiger partial charge in [0.25, 0.3) is 5.91 Å². The number of para-hydroxylation sites is 1. The maximum absolute atomic E-state index is 12.3. The molecular weight excluding hydrogens is 314 g/mol. The van der Waals surface area contributed by atoms with Gasteiger partial charge in [0.05, 0.1) is 11.6 Å². The van der Waals surface area contributed by atoms with Crippen LogP contribution in [0.25, 0.3) is 0 Å². The number of ether oxygens (including phenoxy) is 1. The van der Waals surface area contributed by atoms with Crippen molar-refractivity contribution in [1.82, 2.24) is 4.90 Å². The van der Waals surface area contributed by atoms with Crippen LogP contribution >= 0.6 is 0 Å². The molecule has 0 N–H and O–H groups in total. The number of hydrogen-bond acceptors (Lipinski definition) is 4. The Labute approximate surface area is 148 Å². The highest BCUT2D eigenvalue weighted by Crippen LogP contribution is 2.21. The maximum atomic E-state index is 12.3. The number of amides is 1. The summed E-state index contributed by atoms with van der Waals surface area (Å²) in [6.07, 6.45) is 0. The van der Waals surface area contributed by atoms with Crippen molar-refractivity contribution in [2.45, 2.75) is 6.92 Å². The van der Waals surface area contributed by atoms with Crippen LogP contribution in [0.5, 0.6) is 5.75 Å². The predicted molar refractivity (Wildman–Crippen MR) is 96.6 cm³/mol. The second kappa shape index (κ2) is 7.71. The van der Waals surface area contributed by atoms with Crippen molar-refractivity contribution in [3.05, 3.63) is 59.7 Å². The van der Waals surface area contributed by atoms with Crippen LogP contribution in [0.3, 0.4) is 0 Å². The molecule has 0 aliphatic carbocycles. The van der Waals surface area contributed by atoms with Gasteiger partial charge in [-0.1, -0.05) is 18.2 Å². The van der Waals surface area contributed by atoms with Gasteiger partial charge in [-0.25, -0.2) is 0 Å². The van der Waals surface area contributed by atoms with Crippen LogP contribution in [0.4, 0.5) is 5.69 Å². The number of benzene rings is 2. The number of carbonyl (C=O) groups excluding carboxylic acids is 1. The van der Waals surface area contributed by atoms with E-state index in [1.165, 1.54) is 11.3 Å². The van der Waals surface area contributed by atoms with Gasteiger partial charge in [0.15, 0.2) is 6.61 Å². The molecule has 128 valence electrons. The van der Waals surface area contributed by atoms with Crippen LogP contribution in [0, 0.1) is 18.3 Å². The van der Waals surface area contributed by atoms with Gasteiger partial charge >= 0.3 is 0 Å². The number of rotatable bonds is 4. The minimum Gasteiger partial charge on any atom is -0.484 e. The molecule has 0 saturated carbocycles. The summed E-state index contributed by atoms with van der Waals surface area (Å²) in [5.74, 6) is 0.597. The van der Waals surface area contributed by atoms with E-state index in [1.54, 1.807) is 24.3 Å². The van der Waals surface area contributed by atoms with E-state index in [1.807, 2.05) is 17.0 Å². The summed E-state index contributed by atoms with van der Waals surface area (Å²) >= 11 is 0. The van der Waals surface area contributed by atoms with Crippen LogP contribution in [-0.2, 0) is 4.79 Å². The molecule has 0 unspecified atom stereocenters. The fourth-order valence-corrected chi connectivity index (χ4v) is 2.98. The van der Waals surface area contributed by atoms with Crippen LogP contribution in [-0.4, -0.2) is 43.6 Å². The number of piperazine rings is 1. The molecule has 1 fully saturated rings. The lowest BCUT2D eigenvalue weighted by atomic mass is 10.1. The van der Waals surface area contributed by atoms with Gasteiger partial charge in [0, 0.05) is 31.9 Å². The quantitative estimate of drug-likeness (QED) is 0.862. The molecular formula is C20H21N3O2. The summed E-state index contributed by atoms with van der Waals surface area (Å²) in [7, 11) is 0. The molecule has 1 heterocycles. The Morgan fingerprint density at radius 3 is 2.40 bits per heavy atom. The highest BCUT2D eigenvalue weighted by Gasteiger charge is 2.22. The molecule has 5 nitrogen and oxygen atoms in total. The monoisotopic (exact) mass is 335 g/mol. The molecule has 0 bridgehead atoms. The van der Waals surface area contributed by atoms with Crippen LogP contribution in [0.2, 0.25) is 0 Å². The Bertz CT molecular complexity index is 772. The molecule has 1 amide bonds. The van der Waals surface area contributed by atoms with Crippen LogP contribution in [0.15, 0.2) is 48.5 Å². The molecule has 0 atom stereocenters.